The number of hydrogen-bond acceptors (Lipinski definition) is 5. The fraction of sp³-hybridized carbons (Fsp3) is 0.667. The van der Waals surface area contributed by atoms with Crippen LogP contribution in [-0.2, 0) is 21.6 Å². The Labute approximate surface area is 87.2 Å². The van der Waals surface area contributed by atoms with E-state index in [0.717, 1.165) is 0 Å². The van der Waals surface area contributed by atoms with E-state index in [-0.39, 0.29) is 12.3 Å². The van der Waals surface area contributed by atoms with Gasteiger partial charge in [0, 0.05) is 6.61 Å². The van der Waals surface area contributed by atoms with Crippen molar-refractivity contribution in [2.75, 3.05) is 6.61 Å². The van der Waals surface area contributed by atoms with E-state index in [1.165, 1.54) is 0 Å². The summed E-state index contributed by atoms with van der Waals surface area (Å²) in [5.74, 6) is -0.551. The predicted molar refractivity (Wildman–Crippen MR) is 50.3 cm³/mol. The molecule has 0 amide bonds. The Kier molecular flexibility index (Phi) is 3.41. The van der Waals surface area contributed by atoms with Crippen LogP contribution in [0, 0.1) is 0 Å². The first-order chi connectivity index (χ1) is 6.95. The summed E-state index contributed by atoms with van der Waals surface area (Å²) in [4.78, 5) is 14.4. The number of aromatic nitrogens is 2. The van der Waals surface area contributed by atoms with Gasteiger partial charge in [-0.2, -0.15) is 4.98 Å². The van der Waals surface area contributed by atoms with Gasteiger partial charge < -0.3 is 14.4 Å². The van der Waals surface area contributed by atoms with Crippen LogP contribution in [0.5, 0.6) is 0 Å². The van der Waals surface area contributed by atoms with Gasteiger partial charge in [0.15, 0.2) is 0 Å². The molecule has 6 heteroatoms. The lowest BCUT2D eigenvalue weighted by atomic mass is 10.1. The molecule has 1 aromatic rings. The van der Waals surface area contributed by atoms with E-state index in [9.17, 15) is 4.79 Å². The van der Waals surface area contributed by atoms with Crippen molar-refractivity contribution in [1.82, 2.24) is 10.1 Å². The van der Waals surface area contributed by atoms with E-state index in [4.69, 9.17) is 14.4 Å². The SMILES string of the molecule is CCOC(C)(C)c1noc(CC(=O)O)n1. The third kappa shape index (κ3) is 3.02. The molecule has 1 heterocycles. The quantitative estimate of drug-likeness (QED) is 0.785. The van der Waals surface area contributed by atoms with Gasteiger partial charge in [-0.25, -0.2) is 0 Å². The molecule has 1 N–H and O–H groups in total. The van der Waals surface area contributed by atoms with E-state index < -0.39 is 11.6 Å². The van der Waals surface area contributed by atoms with Crippen LogP contribution in [0.4, 0.5) is 0 Å². The number of rotatable bonds is 5. The number of carbonyl (C=O) groups is 1. The lowest BCUT2D eigenvalue weighted by molar-refractivity contribution is -0.136. The van der Waals surface area contributed by atoms with Gasteiger partial charge in [0.2, 0.25) is 11.7 Å². The van der Waals surface area contributed by atoms with Crippen molar-refractivity contribution in [1.29, 1.82) is 0 Å². The van der Waals surface area contributed by atoms with Gasteiger partial charge in [0.25, 0.3) is 0 Å². The molecule has 0 fully saturated rings. The average Bonchev–Trinajstić information content (AvgIpc) is 2.51. The van der Waals surface area contributed by atoms with Crippen LogP contribution in [0.2, 0.25) is 0 Å². The summed E-state index contributed by atoms with van der Waals surface area (Å²) in [7, 11) is 0. The molecule has 0 radical (unpaired) electrons. The Balaban J connectivity index is 2.78. The Bertz CT molecular complexity index is 346. The molecule has 0 aliphatic heterocycles. The van der Waals surface area contributed by atoms with Crippen molar-refractivity contribution in [3.05, 3.63) is 11.7 Å². The van der Waals surface area contributed by atoms with Gasteiger partial charge in [0.05, 0.1) is 0 Å². The van der Waals surface area contributed by atoms with Crippen LogP contribution in [0.1, 0.15) is 32.5 Å². The third-order valence-electron chi connectivity index (χ3n) is 1.81. The smallest absolute Gasteiger partial charge is 0.312 e. The Morgan fingerprint density at radius 1 is 1.60 bits per heavy atom. The molecule has 0 atom stereocenters. The molecule has 0 bridgehead atoms. The Morgan fingerprint density at radius 3 is 2.80 bits per heavy atom. The molecule has 0 saturated heterocycles. The molecule has 6 nitrogen and oxygen atoms in total. The maximum atomic E-state index is 10.4. The number of ether oxygens (including phenoxy) is 1. The van der Waals surface area contributed by atoms with E-state index in [1.54, 1.807) is 13.8 Å². The van der Waals surface area contributed by atoms with Gasteiger partial charge in [0.1, 0.15) is 12.0 Å². The maximum Gasteiger partial charge on any atom is 0.312 e. The van der Waals surface area contributed by atoms with Crippen molar-refractivity contribution in [3.63, 3.8) is 0 Å². The number of aliphatic carboxylic acids is 1. The Hall–Kier alpha value is -1.43. The minimum Gasteiger partial charge on any atom is -0.481 e. The second kappa shape index (κ2) is 4.39. The molecule has 84 valence electrons. The summed E-state index contributed by atoms with van der Waals surface area (Å²) in [6.45, 7) is 5.98. The van der Waals surface area contributed by atoms with Crippen molar-refractivity contribution in [3.8, 4) is 0 Å². The minimum absolute atomic E-state index is 0.0882. The molecule has 0 spiro atoms. The summed E-state index contributed by atoms with van der Waals surface area (Å²) in [6, 6.07) is 0. The van der Waals surface area contributed by atoms with Crippen molar-refractivity contribution in [2.45, 2.75) is 32.8 Å². The summed E-state index contributed by atoms with van der Waals surface area (Å²) >= 11 is 0. The molecule has 0 aromatic carbocycles. The van der Waals surface area contributed by atoms with Crippen LogP contribution in [-0.4, -0.2) is 27.8 Å². The second-order valence-corrected chi connectivity index (χ2v) is 3.53. The number of carboxylic acid groups (broad SMARTS) is 1. The molecular formula is C9H14N2O4. The first-order valence-corrected chi connectivity index (χ1v) is 4.64. The molecule has 15 heavy (non-hydrogen) atoms. The first kappa shape index (κ1) is 11.6. The van der Waals surface area contributed by atoms with Crippen LogP contribution in [0.3, 0.4) is 0 Å². The van der Waals surface area contributed by atoms with Gasteiger partial charge >= 0.3 is 5.97 Å². The van der Waals surface area contributed by atoms with E-state index >= 15 is 0 Å². The van der Waals surface area contributed by atoms with Gasteiger partial charge in [-0.15, -0.1) is 0 Å². The van der Waals surface area contributed by atoms with Crippen molar-refractivity contribution < 1.29 is 19.2 Å². The van der Waals surface area contributed by atoms with Crippen LogP contribution in [0.15, 0.2) is 4.52 Å². The second-order valence-electron chi connectivity index (χ2n) is 3.53. The molecule has 0 aliphatic rings. The summed E-state index contributed by atoms with van der Waals surface area (Å²) < 4.78 is 10.2. The maximum absolute atomic E-state index is 10.4. The highest BCUT2D eigenvalue weighted by Gasteiger charge is 2.27. The zero-order chi connectivity index (χ0) is 11.5. The molecule has 1 rings (SSSR count). The van der Waals surface area contributed by atoms with Crippen LogP contribution >= 0.6 is 0 Å². The average molecular weight is 214 g/mol. The molecule has 0 saturated carbocycles. The molecule has 1 aromatic heterocycles. The van der Waals surface area contributed by atoms with E-state index in [0.29, 0.717) is 12.4 Å². The zero-order valence-electron chi connectivity index (χ0n) is 8.98. The van der Waals surface area contributed by atoms with E-state index in [2.05, 4.69) is 10.1 Å². The first-order valence-electron chi connectivity index (χ1n) is 4.64. The minimum atomic E-state index is -1.00. The van der Waals surface area contributed by atoms with E-state index in [1.807, 2.05) is 6.92 Å². The lowest BCUT2D eigenvalue weighted by Crippen LogP contribution is -2.23. The number of hydrogen-bond donors (Lipinski definition) is 1. The van der Waals surface area contributed by atoms with Crippen LogP contribution in [0.25, 0.3) is 0 Å². The summed E-state index contributed by atoms with van der Waals surface area (Å²) in [5, 5.41) is 12.2. The lowest BCUT2D eigenvalue weighted by Gasteiger charge is -2.19. The highest BCUT2D eigenvalue weighted by atomic mass is 16.5. The largest absolute Gasteiger partial charge is 0.481 e. The zero-order valence-corrected chi connectivity index (χ0v) is 8.98. The van der Waals surface area contributed by atoms with Crippen molar-refractivity contribution in [2.24, 2.45) is 0 Å². The Morgan fingerprint density at radius 2 is 2.27 bits per heavy atom. The third-order valence-corrected chi connectivity index (χ3v) is 1.81. The molecule has 0 aliphatic carbocycles. The van der Waals surface area contributed by atoms with Gasteiger partial charge in [-0.1, -0.05) is 5.16 Å². The predicted octanol–water partition coefficient (Wildman–Crippen LogP) is 0.968. The summed E-state index contributed by atoms with van der Waals surface area (Å²) in [5.41, 5.74) is -0.658. The van der Waals surface area contributed by atoms with Gasteiger partial charge in [-0.3, -0.25) is 4.79 Å². The normalized spacial score (nSPS) is 11.7. The fourth-order valence-corrected chi connectivity index (χ4v) is 1.13. The highest BCUT2D eigenvalue weighted by Crippen LogP contribution is 2.21. The summed E-state index contributed by atoms with van der Waals surface area (Å²) in [6.07, 6.45) is -0.269. The molecule has 0 unspecified atom stereocenters. The van der Waals surface area contributed by atoms with Crippen molar-refractivity contribution >= 4 is 5.97 Å². The van der Waals surface area contributed by atoms with Gasteiger partial charge in [-0.05, 0) is 20.8 Å². The van der Waals surface area contributed by atoms with Crippen LogP contribution < -0.4 is 0 Å². The number of carboxylic acids is 1. The highest BCUT2D eigenvalue weighted by molar-refractivity contribution is 5.68. The standard InChI is InChI=1S/C9H14N2O4/c1-4-14-9(2,3)8-10-6(15-11-8)5-7(12)13/h4-5H2,1-3H3,(H,12,13). The number of nitrogens with zero attached hydrogens (tertiary/aromatic N) is 2. The monoisotopic (exact) mass is 214 g/mol. The fourth-order valence-electron chi connectivity index (χ4n) is 1.13. The topological polar surface area (TPSA) is 85.5 Å². The molecular weight excluding hydrogens is 200 g/mol.